The molecule has 0 aliphatic rings. The van der Waals surface area contributed by atoms with E-state index in [-0.39, 0.29) is 5.54 Å². The van der Waals surface area contributed by atoms with Crippen molar-refractivity contribution in [3.05, 3.63) is 30.2 Å². The number of nitrogens with zero attached hydrogens (tertiary/aromatic N) is 2. The Bertz CT molecular complexity index is 562. The average Bonchev–Trinajstić information content (AvgIpc) is 2.97. The summed E-state index contributed by atoms with van der Waals surface area (Å²) in [5.74, 6) is 0.260. The molecule has 2 heterocycles. The van der Waals surface area contributed by atoms with E-state index >= 15 is 0 Å². The minimum Gasteiger partial charge on any atom is -0.463 e. The van der Waals surface area contributed by atoms with E-state index < -0.39 is 5.97 Å². The van der Waals surface area contributed by atoms with Crippen molar-refractivity contribution in [2.45, 2.75) is 33.2 Å². The second kappa shape index (κ2) is 4.91. The summed E-state index contributed by atoms with van der Waals surface area (Å²) in [4.78, 5) is 11.8. The van der Waals surface area contributed by atoms with Gasteiger partial charge in [0.2, 0.25) is 0 Å². The SMILES string of the molecule is CCOC(=O)c1cc(-c2ccco2)n(C(C)(C)C)n1. The Morgan fingerprint density at radius 2 is 2.21 bits per heavy atom. The Morgan fingerprint density at radius 3 is 2.74 bits per heavy atom. The van der Waals surface area contributed by atoms with Crippen molar-refractivity contribution in [1.82, 2.24) is 9.78 Å². The minimum absolute atomic E-state index is 0.257. The molecule has 0 radical (unpaired) electrons. The molecule has 0 bridgehead atoms. The summed E-state index contributed by atoms with van der Waals surface area (Å²) in [5, 5.41) is 4.34. The second-order valence-corrected chi connectivity index (χ2v) is 5.20. The van der Waals surface area contributed by atoms with Gasteiger partial charge in [0.25, 0.3) is 0 Å². The van der Waals surface area contributed by atoms with Crippen LogP contribution in [0.15, 0.2) is 28.9 Å². The molecule has 0 unspecified atom stereocenters. The lowest BCUT2D eigenvalue weighted by Gasteiger charge is -2.21. The first-order chi connectivity index (χ1) is 8.93. The molecular weight excluding hydrogens is 244 g/mol. The van der Waals surface area contributed by atoms with Gasteiger partial charge in [-0.1, -0.05) is 0 Å². The Balaban J connectivity index is 2.49. The molecule has 0 saturated carbocycles. The van der Waals surface area contributed by atoms with E-state index in [0.29, 0.717) is 18.1 Å². The minimum atomic E-state index is -0.418. The summed E-state index contributed by atoms with van der Waals surface area (Å²) in [6, 6.07) is 5.34. The summed E-state index contributed by atoms with van der Waals surface area (Å²) in [6.45, 7) is 8.15. The normalized spacial score (nSPS) is 11.6. The van der Waals surface area contributed by atoms with Crippen LogP contribution in [-0.2, 0) is 10.3 Å². The van der Waals surface area contributed by atoms with Crippen LogP contribution in [0.3, 0.4) is 0 Å². The molecule has 0 saturated heterocycles. The van der Waals surface area contributed by atoms with Gasteiger partial charge in [0.05, 0.1) is 18.4 Å². The maximum atomic E-state index is 11.8. The molecule has 5 heteroatoms. The molecule has 19 heavy (non-hydrogen) atoms. The first-order valence-corrected chi connectivity index (χ1v) is 6.25. The maximum absolute atomic E-state index is 11.8. The lowest BCUT2D eigenvalue weighted by molar-refractivity contribution is 0.0517. The van der Waals surface area contributed by atoms with Crippen molar-refractivity contribution in [3.63, 3.8) is 0 Å². The number of hydrogen-bond donors (Lipinski definition) is 0. The van der Waals surface area contributed by atoms with Crippen LogP contribution in [0, 0.1) is 0 Å². The summed E-state index contributed by atoms with van der Waals surface area (Å²) < 4.78 is 12.2. The molecule has 0 aromatic carbocycles. The molecule has 0 fully saturated rings. The fourth-order valence-electron chi connectivity index (χ4n) is 1.80. The molecule has 5 nitrogen and oxygen atoms in total. The van der Waals surface area contributed by atoms with Gasteiger partial charge in [-0.2, -0.15) is 5.10 Å². The van der Waals surface area contributed by atoms with E-state index in [0.717, 1.165) is 5.69 Å². The average molecular weight is 262 g/mol. The van der Waals surface area contributed by atoms with Crippen LogP contribution < -0.4 is 0 Å². The van der Waals surface area contributed by atoms with Gasteiger partial charge < -0.3 is 9.15 Å². The third kappa shape index (κ3) is 2.70. The highest BCUT2D eigenvalue weighted by molar-refractivity contribution is 5.88. The van der Waals surface area contributed by atoms with E-state index in [1.807, 2.05) is 26.8 Å². The second-order valence-electron chi connectivity index (χ2n) is 5.20. The third-order valence-corrected chi connectivity index (χ3v) is 2.60. The lowest BCUT2D eigenvalue weighted by Crippen LogP contribution is -2.24. The monoisotopic (exact) mass is 262 g/mol. The van der Waals surface area contributed by atoms with Crippen molar-refractivity contribution >= 4 is 5.97 Å². The van der Waals surface area contributed by atoms with E-state index in [1.165, 1.54) is 0 Å². The number of carbonyl (C=O) groups is 1. The summed E-state index contributed by atoms with van der Waals surface area (Å²) in [6.07, 6.45) is 1.60. The fourth-order valence-corrected chi connectivity index (χ4v) is 1.80. The summed E-state index contributed by atoms with van der Waals surface area (Å²) in [7, 11) is 0. The fraction of sp³-hybridized carbons (Fsp3) is 0.429. The van der Waals surface area contributed by atoms with Gasteiger partial charge >= 0.3 is 5.97 Å². The zero-order valence-electron chi connectivity index (χ0n) is 11.6. The summed E-state index contributed by atoms with van der Waals surface area (Å²) >= 11 is 0. The zero-order chi connectivity index (χ0) is 14.0. The smallest absolute Gasteiger partial charge is 0.358 e. The quantitative estimate of drug-likeness (QED) is 0.798. The Kier molecular flexibility index (Phi) is 3.46. The number of aromatic nitrogens is 2. The van der Waals surface area contributed by atoms with Crippen LogP contribution in [0.4, 0.5) is 0 Å². The first kappa shape index (κ1) is 13.4. The van der Waals surface area contributed by atoms with Crippen molar-refractivity contribution < 1.29 is 13.9 Å². The van der Waals surface area contributed by atoms with Crippen molar-refractivity contribution in [3.8, 4) is 11.5 Å². The van der Waals surface area contributed by atoms with Crippen molar-refractivity contribution in [1.29, 1.82) is 0 Å². The highest BCUT2D eigenvalue weighted by Crippen LogP contribution is 2.27. The van der Waals surface area contributed by atoms with Crippen molar-refractivity contribution in [2.24, 2.45) is 0 Å². The molecule has 0 aliphatic carbocycles. The van der Waals surface area contributed by atoms with Gasteiger partial charge in [-0.3, -0.25) is 4.68 Å². The molecule has 0 N–H and O–H groups in total. The molecule has 2 rings (SSSR count). The van der Waals surface area contributed by atoms with Gasteiger partial charge in [0.1, 0.15) is 5.69 Å². The van der Waals surface area contributed by atoms with E-state index in [1.54, 1.807) is 30.0 Å². The zero-order valence-corrected chi connectivity index (χ0v) is 11.6. The number of carbonyl (C=O) groups excluding carboxylic acids is 1. The Labute approximate surface area is 112 Å². The van der Waals surface area contributed by atoms with Gasteiger partial charge in [-0.15, -0.1) is 0 Å². The highest BCUT2D eigenvalue weighted by atomic mass is 16.5. The van der Waals surface area contributed by atoms with E-state index in [2.05, 4.69) is 5.10 Å². The van der Waals surface area contributed by atoms with Crippen LogP contribution in [0.1, 0.15) is 38.2 Å². The van der Waals surface area contributed by atoms with E-state index in [9.17, 15) is 4.79 Å². The molecule has 0 spiro atoms. The number of furan rings is 1. The molecule has 0 amide bonds. The number of ether oxygens (including phenoxy) is 1. The molecule has 102 valence electrons. The largest absolute Gasteiger partial charge is 0.463 e. The predicted molar refractivity (Wildman–Crippen MR) is 70.9 cm³/mol. The van der Waals surface area contributed by atoms with E-state index in [4.69, 9.17) is 9.15 Å². The van der Waals surface area contributed by atoms with Crippen LogP contribution >= 0.6 is 0 Å². The van der Waals surface area contributed by atoms with Gasteiger partial charge in [-0.25, -0.2) is 4.79 Å². The Hall–Kier alpha value is -2.04. The highest BCUT2D eigenvalue weighted by Gasteiger charge is 2.24. The van der Waals surface area contributed by atoms with Gasteiger partial charge in [-0.05, 0) is 39.8 Å². The van der Waals surface area contributed by atoms with Crippen molar-refractivity contribution in [2.75, 3.05) is 6.61 Å². The van der Waals surface area contributed by atoms with Gasteiger partial charge in [0, 0.05) is 6.07 Å². The van der Waals surface area contributed by atoms with Crippen LogP contribution in [0.5, 0.6) is 0 Å². The predicted octanol–water partition coefficient (Wildman–Crippen LogP) is 3.07. The Morgan fingerprint density at radius 1 is 1.47 bits per heavy atom. The number of esters is 1. The number of hydrogen-bond acceptors (Lipinski definition) is 4. The molecule has 0 aliphatic heterocycles. The molecule has 0 atom stereocenters. The van der Waals surface area contributed by atoms with Crippen LogP contribution in [-0.4, -0.2) is 22.4 Å². The molecule has 2 aromatic rings. The lowest BCUT2D eigenvalue weighted by atomic mass is 10.1. The number of rotatable bonds is 3. The molecule has 2 aromatic heterocycles. The van der Waals surface area contributed by atoms with Crippen LogP contribution in [0.25, 0.3) is 11.5 Å². The first-order valence-electron chi connectivity index (χ1n) is 6.25. The standard InChI is InChI=1S/C14H18N2O3/c1-5-18-13(17)10-9-11(12-7-6-8-19-12)16(15-10)14(2,3)4/h6-9H,5H2,1-4H3. The summed E-state index contributed by atoms with van der Waals surface area (Å²) in [5.41, 5.74) is 0.802. The van der Waals surface area contributed by atoms with Crippen LogP contribution in [0.2, 0.25) is 0 Å². The maximum Gasteiger partial charge on any atom is 0.358 e. The molecular formula is C14H18N2O3. The topological polar surface area (TPSA) is 57.3 Å². The van der Waals surface area contributed by atoms with Gasteiger partial charge in [0.15, 0.2) is 11.5 Å². The third-order valence-electron chi connectivity index (χ3n) is 2.60.